The SMILES string of the molecule is CC(C)(C)CCN[CH]Cc1ccc(OC(N)=O)cc1. The lowest BCUT2D eigenvalue weighted by Crippen LogP contribution is -2.19. The van der Waals surface area contributed by atoms with Crippen molar-refractivity contribution in [2.45, 2.75) is 33.6 Å². The van der Waals surface area contributed by atoms with Gasteiger partial charge in [0.15, 0.2) is 0 Å². The molecule has 0 aliphatic heterocycles. The van der Waals surface area contributed by atoms with E-state index < -0.39 is 6.09 Å². The van der Waals surface area contributed by atoms with Gasteiger partial charge in [0, 0.05) is 6.54 Å². The van der Waals surface area contributed by atoms with Gasteiger partial charge in [-0.2, -0.15) is 0 Å². The maximum absolute atomic E-state index is 10.6. The smallest absolute Gasteiger partial charge is 0.409 e. The third kappa shape index (κ3) is 7.47. The molecule has 0 spiro atoms. The van der Waals surface area contributed by atoms with Crippen LogP contribution in [-0.2, 0) is 6.42 Å². The Labute approximate surface area is 115 Å². The summed E-state index contributed by atoms with van der Waals surface area (Å²) >= 11 is 0. The number of hydrogen-bond acceptors (Lipinski definition) is 3. The Hall–Kier alpha value is -1.55. The van der Waals surface area contributed by atoms with E-state index in [1.165, 1.54) is 0 Å². The van der Waals surface area contributed by atoms with Gasteiger partial charge in [0.1, 0.15) is 5.75 Å². The molecule has 1 radical (unpaired) electrons. The first-order valence-corrected chi connectivity index (χ1v) is 6.48. The first kappa shape index (κ1) is 15.5. The van der Waals surface area contributed by atoms with E-state index in [4.69, 9.17) is 10.5 Å². The number of nitrogens with two attached hydrogens (primary N) is 1. The van der Waals surface area contributed by atoms with Crippen LogP contribution in [0, 0.1) is 12.0 Å². The summed E-state index contributed by atoms with van der Waals surface area (Å²) in [6.45, 7) is 9.71. The molecule has 4 heteroatoms. The van der Waals surface area contributed by atoms with E-state index in [9.17, 15) is 4.79 Å². The number of carbonyl (C=O) groups excluding carboxylic acids is 1. The van der Waals surface area contributed by atoms with E-state index in [1.807, 2.05) is 12.1 Å². The minimum atomic E-state index is -0.789. The van der Waals surface area contributed by atoms with E-state index >= 15 is 0 Å². The first-order chi connectivity index (χ1) is 8.87. The molecule has 19 heavy (non-hydrogen) atoms. The number of hydrogen-bond donors (Lipinski definition) is 2. The summed E-state index contributed by atoms with van der Waals surface area (Å²) in [5, 5.41) is 3.31. The molecular formula is C15H23N2O2. The summed E-state index contributed by atoms with van der Waals surface area (Å²) in [6, 6.07) is 7.31. The summed E-state index contributed by atoms with van der Waals surface area (Å²) in [6.07, 6.45) is 1.18. The predicted octanol–water partition coefficient (Wildman–Crippen LogP) is 2.87. The van der Waals surface area contributed by atoms with Gasteiger partial charge in [-0.3, -0.25) is 0 Å². The lowest BCUT2D eigenvalue weighted by molar-refractivity contribution is 0.211. The average Bonchev–Trinajstić information content (AvgIpc) is 2.28. The summed E-state index contributed by atoms with van der Waals surface area (Å²) in [7, 11) is 0. The van der Waals surface area contributed by atoms with Crippen LogP contribution in [0.3, 0.4) is 0 Å². The second kappa shape index (κ2) is 7.14. The number of rotatable bonds is 6. The number of ether oxygens (including phenoxy) is 1. The fourth-order valence-electron chi connectivity index (χ4n) is 1.55. The Morgan fingerprint density at radius 1 is 1.32 bits per heavy atom. The van der Waals surface area contributed by atoms with Crippen molar-refractivity contribution in [1.82, 2.24) is 5.32 Å². The number of primary amides is 1. The highest BCUT2D eigenvalue weighted by Gasteiger charge is 2.08. The number of carbonyl (C=O) groups is 1. The molecule has 105 valence electrons. The highest BCUT2D eigenvalue weighted by atomic mass is 16.5. The summed E-state index contributed by atoms with van der Waals surface area (Å²) in [5.41, 5.74) is 6.44. The largest absolute Gasteiger partial charge is 0.411 e. The molecule has 0 fully saturated rings. The molecule has 1 aromatic rings. The van der Waals surface area contributed by atoms with E-state index in [2.05, 4.69) is 32.6 Å². The maximum Gasteiger partial charge on any atom is 0.409 e. The van der Waals surface area contributed by atoms with Crippen LogP contribution in [0.2, 0.25) is 0 Å². The van der Waals surface area contributed by atoms with Gasteiger partial charge < -0.3 is 15.8 Å². The van der Waals surface area contributed by atoms with Crippen LogP contribution in [0.1, 0.15) is 32.8 Å². The minimum Gasteiger partial charge on any atom is -0.411 e. The van der Waals surface area contributed by atoms with E-state index in [0.29, 0.717) is 11.2 Å². The third-order valence-electron chi connectivity index (χ3n) is 2.64. The van der Waals surface area contributed by atoms with Crippen molar-refractivity contribution in [3.05, 3.63) is 36.4 Å². The quantitative estimate of drug-likeness (QED) is 0.776. The molecule has 0 saturated heterocycles. The van der Waals surface area contributed by atoms with E-state index in [-0.39, 0.29) is 0 Å². The summed E-state index contributed by atoms with van der Waals surface area (Å²) in [4.78, 5) is 10.6. The average molecular weight is 263 g/mol. The Balaban J connectivity index is 2.25. The van der Waals surface area contributed by atoms with Crippen molar-refractivity contribution in [2.24, 2.45) is 11.1 Å². The van der Waals surface area contributed by atoms with Crippen LogP contribution in [0.4, 0.5) is 4.79 Å². The summed E-state index contributed by atoms with van der Waals surface area (Å²) < 4.78 is 4.76. The van der Waals surface area contributed by atoms with Gasteiger partial charge in [-0.25, -0.2) is 4.79 Å². The van der Waals surface area contributed by atoms with Crippen LogP contribution in [0.25, 0.3) is 0 Å². The molecule has 0 bridgehead atoms. The second-order valence-electron chi connectivity index (χ2n) is 5.74. The highest BCUT2D eigenvalue weighted by Crippen LogP contribution is 2.17. The molecule has 1 aromatic carbocycles. The Morgan fingerprint density at radius 2 is 1.95 bits per heavy atom. The molecule has 0 unspecified atom stereocenters. The molecule has 3 N–H and O–H groups in total. The fourth-order valence-corrected chi connectivity index (χ4v) is 1.55. The topological polar surface area (TPSA) is 64.3 Å². The monoisotopic (exact) mass is 263 g/mol. The van der Waals surface area contributed by atoms with Gasteiger partial charge in [0.25, 0.3) is 0 Å². The van der Waals surface area contributed by atoms with Gasteiger partial charge in [-0.15, -0.1) is 0 Å². The zero-order chi connectivity index (χ0) is 14.3. The molecule has 1 amide bonds. The van der Waals surface area contributed by atoms with Crippen molar-refractivity contribution >= 4 is 6.09 Å². The summed E-state index contributed by atoms with van der Waals surface area (Å²) in [5.74, 6) is 0.469. The standard InChI is InChI=1S/C15H23N2O2/c1-15(2,3)9-11-17-10-8-12-4-6-13(7-5-12)19-14(16)18/h4-7,10,17H,8-9,11H2,1-3H3,(H2,16,18). The molecule has 0 aliphatic carbocycles. The van der Waals surface area contributed by atoms with Crippen molar-refractivity contribution < 1.29 is 9.53 Å². The minimum absolute atomic E-state index is 0.356. The molecule has 0 aliphatic rings. The van der Waals surface area contributed by atoms with Gasteiger partial charge >= 0.3 is 6.09 Å². The molecule has 0 atom stereocenters. The Bertz CT molecular complexity index is 394. The number of benzene rings is 1. The van der Waals surface area contributed by atoms with Crippen molar-refractivity contribution in [1.29, 1.82) is 0 Å². The lowest BCUT2D eigenvalue weighted by atomic mass is 9.92. The van der Waals surface area contributed by atoms with Crippen LogP contribution < -0.4 is 15.8 Å². The lowest BCUT2D eigenvalue weighted by Gasteiger charge is -2.17. The fraction of sp³-hybridized carbons (Fsp3) is 0.467. The molecule has 0 aromatic heterocycles. The van der Waals surface area contributed by atoms with Gasteiger partial charge in [0.2, 0.25) is 0 Å². The van der Waals surface area contributed by atoms with Crippen LogP contribution >= 0.6 is 0 Å². The zero-order valence-corrected chi connectivity index (χ0v) is 11.9. The van der Waals surface area contributed by atoms with E-state index in [0.717, 1.165) is 24.9 Å². The van der Waals surface area contributed by atoms with Crippen molar-refractivity contribution in [3.8, 4) is 5.75 Å². The normalized spacial score (nSPS) is 11.3. The second-order valence-corrected chi connectivity index (χ2v) is 5.74. The molecular weight excluding hydrogens is 240 g/mol. The number of amides is 1. The molecule has 0 saturated carbocycles. The van der Waals surface area contributed by atoms with Gasteiger partial charge in [0.05, 0.1) is 0 Å². The third-order valence-corrected chi connectivity index (χ3v) is 2.64. The number of nitrogens with one attached hydrogen (secondary N) is 1. The Morgan fingerprint density at radius 3 is 2.47 bits per heavy atom. The van der Waals surface area contributed by atoms with Gasteiger partial charge in [-0.05, 0) is 42.5 Å². The van der Waals surface area contributed by atoms with E-state index in [1.54, 1.807) is 12.1 Å². The predicted molar refractivity (Wildman–Crippen MR) is 76.7 cm³/mol. The maximum atomic E-state index is 10.6. The van der Waals surface area contributed by atoms with Crippen LogP contribution in [0.15, 0.2) is 24.3 Å². The molecule has 4 nitrogen and oxygen atoms in total. The zero-order valence-electron chi connectivity index (χ0n) is 11.9. The Kier molecular flexibility index (Phi) is 5.83. The molecule has 0 heterocycles. The van der Waals surface area contributed by atoms with Gasteiger partial charge in [-0.1, -0.05) is 32.9 Å². The first-order valence-electron chi connectivity index (χ1n) is 6.48. The van der Waals surface area contributed by atoms with Crippen LogP contribution in [0.5, 0.6) is 5.75 Å². The van der Waals surface area contributed by atoms with Crippen LogP contribution in [-0.4, -0.2) is 12.6 Å². The van der Waals surface area contributed by atoms with Crippen molar-refractivity contribution in [2.75, 3.05) is 6.54 Å². The van der Waals surface area contributed by atoms with Crippen molar-refractivity contribution in [3.63, 3.8) is 0 Å². The highest BCUT2D eigenvalue weighted by molar-refractivity contribution is 5.67. The molecule has 1 rings (SSSR count).